The number of guanidine groups is 1. The molecule has 0 spiro atoms. The topological polar surface area (TPSA) is 65.1 Å². The predicted molar refractivity (Wildman–Crippen MR) is 99.4 cm³/mol. The smallest absolute Gasteiger partial charge is 0.191 e. The van der Waals surface area contributed by atoms with Crippen LogP contribution in [0.4, 0.5) is 4.39 Å². The van der Waals surface area contributed by atoms with Gasteiger partial charge in [-0.2, -0.15) is 0 Å². The molecule has 2 aromatic heterocycles. The van der Waals surface area contributed by atoms with Gasteiger partial charge in [-0.3, -0.25) is 4.99 Å². The van der Waals surface area contributed by atoms with E-state index in [-0.39, 0.29) is 5.82 Å². The lowest BCUT2D eigenvalue weighted by Gasteiger charge is -2.11. The summed E-state index contributed by atoms with van der Waals surface area (Å²) in [6.45, 7) is 1.32. The average Bonchev–Trinajstić information content (AvgIpc) is 3.01. The molecule has 0 unspecified atom stereocenters. The van der Waals surface area contributed by atoms with Gasteiger partial charge in [0.05, 0.1) is 0 Å². The van der Waals surface area contributed by atoms with Crippen molar-refractivity contribution >= 4 is 28.5 Å². The first kappa shape index (κ1) is 17.2. The van der Waals surface area contributed by atoms with E-state index in [4.69, 9.17) is 11.6 Å². The van der Waals surface area contributed by atoms with E-state index in [1.165, 1.54) is 12.1 Å². The molecule has 0 saturated carbocycles. The van der Waals surface area contributed by atoms with Crippen molar-refractivity contribution < 1.29 is 4.39 Å². The highest BCUT2D eigenvalue weighted by Gasteiger charge is 2.05. The molecular formula is C18H19ClFN5. The van der Waals surface area contributed by atoms with Crippen LogP contribution in [0, 0.1) is 5.82 Å². The van der Waals surface area contributed by atoms with Crippen LogP contribution < -0.4 is 10.6 Å². The van der Waals surface area contributed by atoms with Crippen molar-refractivity contribution in [3.63, 3.8) is 0 Å². The fourth-order valence-electron chi connectivity index (χ4n) is 2.60. The number of nitrogens with zero attached hydrogens (tertiary/aromatic N) is 2. The van der Waals surface area contributed by atoms with Crippen LogP contribution in [0.2, 0.25) is 5.15 Å². The molecule has 0 aliphatic carbocycles. The zero-order chi connectivity index (χ0) is 17.6. The summed E-state index contributed by atoms with van der Waals surface area (Å²) in [5.74, 6) is 0.473. The van der Waals surface area contributed by atoms with Crippen LogP contribution in [0.25, 0.3) is 10.9 Å². The van der Waals surface area contributed by atoms with E-state index >= 15 is 0 Å². The third kappa shape index (κ3) is 4.48. The van der Waals surface area contributed by atoms with Gasteiger partial charge in [-0.15, -0.1) is 0 Å². The van der Waals surface area contributed by atoms with Gasteiger partial charge in [-0.25, -0.2) is 9.37 Å². The Bertz CT molecular complexity index is 873. The quantitative estimate of drug-likeness (QED) is 0.372. The van der Waals surface area contributed by atoms with E-state index in [1.807, 2.05) is 12.3 Å². The third-order valence-corrected chi connectivity index (χ3v) is 4.11. The second kappa shape index (κ2) is 7.98. The number of H-pyrrole nitrogens is 1. The van der Waals surface area contributed by atoms with E-state index in [0.29, 0.717) is 24.2 Å². The number of benzene rings is 1. The number of nitrogens with one attached hydrogen (secondary N) is 3. The van der Waals surface area contributed by atoms with Gasteiger partial charge in [0.1, 0.15) is 11.0 Å². The molecule has 3 N–H and O–H groups in total. The van der Waals surface area contributed by atoms with Crippen molar-refractivity contribution in [2.24, 2.45) is 4.99 Å². The Labute approximate surface area is 150 Å². The van der Waals surface area contributed by atoms with Gasteiger partial charge in [-0.05, 0) is 41.8 Å². The highest BCUT2D eigenvalue weighted by Crippen LogP contribution is 2.19. The Hall–Kier alpha value is -2.60. The normalized spacial score (nSPS) is 11.7. The fraction of sp³-hybridized carbons (Fsp3) is 0.222. The first-order valence-corrected chi connectivity index (χ1v) is 8.34. The van der Waals surface area contributed by atoms with E-state index < -0.39 is 0 Å². The molecule has 5 nitrogen and oxygen atoms in total. The van der Waals surface area contributed by atoms with Crippen LogP contribution in [0.3, 0.4) is 0 Å². The molecule has 0 radical (unpaired) electrons. The lowest BCUT2D eigenvalue weighted by atomic mass is 10.1. The molecule has 3 aromatic rings. The highest BCUT2D eigenvalue weighted by molar-refractivity contribution is 6.29. The van der Waals surface area contributed by atoms with Gasteiger partial charge in [0.25, 0.3) is 0 Å². The van der Waals surface area contributed by atoms with Crippen molar-refractivity contribution in [1.82, 2.24) is 20.6 Å². The van der Waals surface area contributed by atoms with Gasteiger partial charge < -0.3 is 15.6 Å². The summed E-state index contributed by atoms with van der Waals surface area (Å²) < 4.78 is 13.2. The summed E-state index contributed by atoms with van der Waals surface area (Å²) in [6, 6.07) is 8.47. The number of hydrogen-bond donors (Lipinski definition) is 3. The summed E-state index contributed by atoms with van der Waals surface area (Å²) in [5.41, 5.74) is 2.97. The molecule has 25 heavy (non-hydrogen) atoms. The van der Waals surface area contributed by atoms with Crippen molar-refractivity contribution in [2.45, 2.75) is 13.0 Å². The molecule has 0 atom stereocenters. The Morgan fingerprint density at radius 3 is 2.92 bits per heavy atom. The van der Waals surface area contributed by atoms with Crippen LogP contribution in [-0.4, -0.2) is 29.5 Å². The molecule has 0 saturated heterocycles. The lowest BCUT2D eigenvalue weighted by Crippen LogP contribution is -2.37. The lowest BCUT2D eigenvalue weighted by molar-refractivity contribution is 0.629. The minimum atomic E-state index is -0.236. The first-order chi connectivity index (χ1) is 12.2. The molecule has 0 bridgehead atoms. The number of rotatable bonds is 5. The van der Waals surface area contributed by atoms with Crippen LogP contribution in [0.5, 0.6) is 0 Å². The number of aliphatic imine (C=N–C) groups is 1. The Morgan fingerprint density at radius 2 is 2.16 bits per heavy atom. The molecule has 0 amide bonds. The summed E-state index contributed by atoms with van der Waals surface area (Å²) in [4.78, 5) is 11.4. The summed E-state index contributed by atoms with van der Waals surface area (Å²) >= 11 is 5.78. The maximum atomic E-state index is 13.2. The highest BCUT2D eigenvalue weighted by atomic mass is 35.5. The second-order valence-electron chi connectivity index (χ2n) is 5.60. The van der Waals surface area contributed by atoms with Crippen LogP contribution in [0.1, 0.15) is 11.1 Å². The van der Waals surface area contributed by atoms with E-state index in [0.717, 1.165) is 28.5 Å². The number of aromatic nitrogens is 2. The van der Waals surface area contributed by atoms with Crippen LogP contribution in [-0.2, 0) is 13.0 Å². The molecule has 1 aromatic carbocycles. The van der Waals surface area contributed by atoms with Crippen molar-refractivity contribution in [1.29, 1.82) is 0 Å². The number of aromatic amines is 1. The molecular weight excluding hydrogens is 341 g/mol. The van der Waals surface area contributed by atoms with Gasteiger partial charge in [-0.1, -0.05) is 17.7 Å². The number of fused-ring (bicyclic) bond motifs is 1. The maximum Gasteiger partial charge on any atom is 0.191 e. The maximum absolute atomic E-state index is 13.2. The molecule has 0 aliphatic rings. The van der Waals surface area contributed by atoms with Gasteiger partial charge in [0.2, 0.25) is 0 Å². The van der Waals surface area contributed by atoms with Crippen molar-refractivity contribution in [3.8, 4) is 0 Å². The summed E-state index contributed by atoms with van der Waals surface area (Å²) in [7, 11) is 1.73. The number of halogens is 2. The van der Waals surface area contributed by atoms with Gasteiger partial charge in [0.15, 0.2) is 5.96 Å². The van der Waals surface area contributed by atoms with E-state index in [9.17, 15) is 4.39 Å². The van der Waals surface area contributed by atoms with E-state index in [2.05, 4.69) is 25.6 Å². The summed E-state index contributed by atoms with van der Waals surface area (Å²) in [5, 5.41) is 8.02. The standard InChI is InChI=1S/C18H19ClFN5/c1-21-18(25-10-12-2-5-17(19)24-9-12)22-7-6-13-11-23-16-8-14(20)3-4-15(13)16/h2-5,8-9,11,23H,6-7,10H2,1H3,(H2,21,22,25). The van der Waals surface area contributed by atoms with Crippen LogP contribution >= 0.6 is 11.6 Å². The Morgan fingerprint density at radius 1 is 1.28 bits per heavy atom. The monoisotopic (exact) mass is 359 g/mol. The second-order valence-corrected chi connectivity index (χ2v) is 5.98. The van der Waals surface area contributed by atoms with Crippen molar-refractivity contribution in [3.05, 3.63) is 64.8 Å². The molecule has 130 valence electrons. The average molecular weight is 360 g/mol. The number of pyridine rings is 1. The molecule has 0 aliphatic heterocycles. The molecule has 0 fully saturated rings. The SMILES string of the molecule is CN=C(NCCc1c[nH]c2cc(F)ccc12)NCc1ccc(Cl)nc1. The summed E-state index contributed by atoms with van der Waals surface area (Å²) in [6.07, 6.45) is 4.45. The third-order valence-electron chi connectivity index (χ3n) is 3.89. The minimum Gasteiger partial charge on any atom is -0.361 e. The number of hydrogen-bond acceptors (Lipinski definition) is 2. The van der Waals surface area contributed by atoms with Crippen LogP contribution in [0.15, 0.2) is 47.7 Å². The largest absolute Gasteiger partial charge is 0.361 e. The molecule has 3 rings (SSSR count). The molecule has 2 heterocycles. The van der Waals surface area contributed by atoms with Crippen molar-refractivity contribution in [2.75, 3.05) is 13.6 Å². The molecule has 7 heteroatoms. The Balaban J connectivity index is 1.51. The van der Waals surface area contributed by atoms with Gasteiger partial charge >= 0.3 is 0 Å². The predicted octanol–water partition coefficient (Wildman–Crippen LogP) is 3.26. The first-order valence-electron chi connectivity index (χ1n) is 7.96. The Kier molecular flexibility index (Phi) is 5.50. The van der Waals surface area contributed by atoms with E-state index in [1.54, 1.807) is 25.4 Å². The zero-order valence-electron chi connectivity index (χ0n) is 13.8. The fourth-order valence-corrected chi connectivity index (χ4v) is 2.71. The zero-order valence-corrected chi connectivity index (χ0v) is 14.6. The minimum absolute atomic E-state index is 0.236. The van der Waals surface area contributed by atoms with Gasteiger partial charge in [0, 0.05) is 43.4 Å².